The highest BCUT2D eigenvalue weighted by Crippen LogP contribution is 2.57. The van der Waals surface area contributed by atoms with Gasteiger partial charge >= 0.3 is 0 Å². The molecule has 1 aliphatic heterocycles. The zero-order valence-corrected chi connectivity index (χ0v) is 5.50. The molecule has 0 N–H and O–H groups in total. The molecule has 2 rings (SSSR count). The maximum Gasteiger partial charge on any atom is 0.0524 e. The number of nitroso groups, excluding NO2 is 1. The van der Waals surface area contributed by atoms with Gasteiger partial charge in [-0.2, -0.15) is 0 Å². The van der Waals surface area contributed by atoms with E-state index in [9.17, 15) is 4.91 Å². The highest BCUT2D eigenvalue weighted by molar-refractivity contribution is 5.06. The maximum absolute atomic E-state index is 9.99. The molecule has 0 spiro atoms. The van der Waals surface area contributed by atoms with Crippen LogP contribution < -0.4 is 0 Å². The van der Waals surface area contributed by atoms with Crippen molar-refractivity contribution in [1.29, 1.82) is 0 Å². The molecule has 0 aromatic rings. The predicted octanol–water partition coefficient (Wildman–Crippen LogP) is 1.01. The van der Waals surface area contributed by atoms with Crippen LogP contribution in [0.1, 0.15) is 13.3 Å². The quantitative estimate of drug-likeness (QED) is 0.491. The van der Waals surface area contributed by atoms with E-state index in [1.165, 1.54) is 6.42 Å². The smallest absolute Gasteiger partial charge is 0.0524 e. The summed E-state index contributed by atoms with van der Waals surface area (Å²) >= 11 is 0. The molecule has 2 unspecified atom stereocenters. The minimum absolute atomic E-state index is 0.466. The number of rotatable bonds is 1. The van der Waals surface area contributed by atoms with E-state index in [1.807, 2.05) is 0 Å². The molecular formula is C6H10N2O. The summed E-state index contributed by atoms with van der Waals surface area (Å²) in [5.41, 5.74) is 0.466. The summed E-state index contributed by atoms with van der Waals surface area (Å²) in [6.45, 7) is 4.02. The van der Waals surface area contributed by atoms with Crippen molar-refractivity contribution in [2.75, 3.05) is 13.1 Å². The van der Waals surface area contributed by atoms with Crippen molar-refractivity contribution >= 4 is 0 Å². The van der Waals surface area contributed by atoms with E-state index in [2.05, 4.69) is 12.2 Å². The second-order valence-corrected chi connectivity index (χ2v) is 3.48. The second kappa shape index (κ2) is 1.28. The minimum atomic E-state index is 0.466. The summed E-state index contributed by atoms with van der Waals surface area (Å²) in [5, 5.41) is 4.53. The first-order valence-corrected chi connectivity index (χ1v) is 3.33. The first-order valence-electron chi connectivity index (χ1n) is 3.33. The van der Waals surface area contributed by atoms with Crippen LogP contribution >= 0.6 is 0 Å². The topological polar surface area (TPSA) is 32.7 Å². The summed E-state index contributed by atoms with van der Waals surface area (Å²) in [6, 6.07) is 0. The average molecular weight is 126 g/mol. The Balaban J connectivity index is 2.05. The van der Waals surface area contributed by atoms with Gasteiger partial charge in [0.05, 0.1) is 5.29 Å². The van der Waals surface area contributed by atoms with Crippen LogP contribution in [-0.4, -0.2) is 18.1 Å². The van der Waals surface area contributed by atoms with E-state index < -0.39 is 0 Å². The minimum Gasteiger partial charge on any atom is -0.260 e. The van der Waals surface area contributed by atoms with Crippen LogP contribution in [0.2, 0.25) is 0 Å². The highest BCUT2D eigenvalue weighted by atomic mass is 16.3. The first-order chi connectivity index (χ1) is 4.24. The molecule has 2 fully saturated rings. The summed E-state index contributed by atoms with van der Waals surface area (Å²) < 4.78 is 0. The molecule has 3 nitrogen and oxygen atoms in total. The van der Waals surface area contributed by atoms with Gasteiger partial charge in [0.15, 0.2) is 0 Å². The molecule has 9 heavy (non-hydrogen) atoms. The fourth-order valence-electron chi connectivity index (χ4n) is 1.78. The Labute approximate surface area is 54.0 Å². The van der Waals surface area contributed by atoms with Gasteiger partial charge in [0.2, 0.25) is 0 Å². The third-order valence-electron chi connectivity index (χ3n) is 2.63. The fraction of sp³-hybridized carbons (Fsp3) is 1.00. The van der Waals surface area contributed by atoms with Crippen LogP contribution in [-0.2, 0) is 0 Å². The van der Waals surface area contributed by atoms with Crippen molar-refractivity contribution in [2.45, 2.75) is 13.3 Å². The number of fused-ring (bicyclic) bond motifs is 1. The van der Waals surface area contributed by atoms with E-state index in [0.717, 1.165) is 19.0 Å². The maximum atomic E-state index is 9.99. The van der Waals surface area contributed by atoms with E-state index in [4.69, 9.17) is 0 Å². The highest BCUT2D eigenvalue weighted by Gasteiger charge is 2.56. The molecule has 1 heterocycles. The normalized spacial score (nSPS) is 46.8. The van der Waals surface area contributed by atoms with Crippen molar-refractivity contribution in [1.82, 2.24) is 5.01 Å². The van der Waals surface area contributed by atoms with Gasteiger partial charge in [-0.3, -0.25) is 5.01 Å². The molecular weight excluding hydrogens is 116 g/mol. The SMILES string of the molecule is CC12CC1CN(N=O)C2. The molecule has 0 aromatic heterocycles. The Bertz CT molecular complexity index is 159. The van der Waals surface area contributed by atoms with Crippen LogP contribution in [0, 0.1) is 16.2 Å². The van der Waals surface area contributed by atoms with Crippen molar-refractivity contribution in [3.63, 3.8) is 0 Å². The number of nitrogens with zero attached hydrogens (tertiary/aromatic N) is 2. The van der Waals surface area contributed by atoms with E-state index >= 15 is 0 Å². The Morgan fingerprint density at radius 3 is 2.89 bits per heavy atom. The average Bonchev–Trinajstić information content (AvgIpc) is 2.33. The van der Waals surface area contributed by atoms with Gasteiger partial charge in [-0.15, -0.1) is 4.91 Å². The van der Waals surface area contributed by atoms with Crippen molar-refractivity contribution in [3.05, 3.63) is 4.91 Å². The summed E-state index contributed by atoms with van der Waals surface area (Å²) in [5.74, 6) is 0.773. The van der Waals surface area contributed by atoms with Gasteiger partial charge in [-0.05, 0) is 17.8 Å². The molecule has 1 saturated carbocycles. The lowest BCUT2D eigenvalue weighted by atomic mass is 10.1. The molecule has 2 aliphatic rings. The van der Waals surface area contributed by atoms with Crippen LogP contribution in [0.5, 0.6) is 0 Å². The molecule has 0 amide bonds. The lowest BCUT2D eigenvalue weighted by molar-refractivity contribution is 0.297. The van der Waals surface area contributed by atoms with Crippen LogP contribution in [0.3, 0.4) is 0 Å². The van der Waals surface area contributed by atoms with Crippen molar-refractivity contribution in [3.8, 4) is 0 Å². The fourth-order valence-corrected chi connectivity index (χ4v) is 1.78. The molecule has 1 aliphatic carbocycles. The lowest BCUT2D eigenvalue weighted by Crippen LogP contribution is -2.16. The third-order valence-corrected chi connectivity index (χ3v) is 2.63. The predicted molar refractivity (Wildman–Crippen MR) is 33.6 cm³/mol. The zero-order chi connectivity index (χ0) is 6.48. The van der Waals surface area contributed by atoms with Gasteiger partial charge in [-0.1, -0.05) is 6.92 Å². The number of piperidine rings is 1. The summed E-state index contributed by atoms with van der Waals surface area (Å²) in [4.78, 5) is 9.99. The molecule has 0 aromatic carbocycles. The van der Waals surface area contributed by atoms with Crippen molar-refractivity contribution < 1.29 is 0 Å². The van der Waals surface area contributed by atoms with Crippen molar-refractivity contribution in [2.24, 2.45) is 16.6 Å². The van der Waals surface area contributed by atoms with Crippen LogP contribution in [0.15, 0.2) is 5.29 Å². The number of hydrogen-bond donors (Lipinski definition) is 0. The largest absolute Gasteiger partial charge is 0.260 e. The monoisotopic (exact) mass is 126 g/mol. The Morgan fingerprint density at radius 2 is 2.56 bits per heavy atom. The Morgan fingerprint density at radius 1 is 1.78 bits per heavy atom. The molecule has 0 bridgehead atoms. The van der Waals surface area contributed by atoms with Gasteiger partial charge in [-0.25, -0.2) is 0 Å². The van der Waals surface area contributed by atoms with Crippen LogP contribution in [0.4, 0.5) is 0 Å². The van der Waals surface area contributed by atoms with E-state index in [0.29, 0.717) is 5.41 Å². The first kappa shape index (κ1) is 5.21. The van der Waals surface area contributed by atoms with E-state index in [1.54, 1.807) is 5.01 Å². The van der Waals surface area contributed by atoms with Gasteiger partial charge in [0.1, 0.15) is 0 Å². The molecule has 1 saturated heterocycles. The Hall–Kier alpha value is -0.600. The molecule has 3 heteroatoms. The van der Waals surface area contributed by atoms with Gasteiger partial charge in [0.25, 0.3) is 0 Å². The lowest BCUT2D eigenvalue weighted by Gasteiger charge is -2.09. The standard InChI is InChI=1S/C6H10N2O/c1-6-2-5(6)3-8(4-6)7-9/h5H,2-4H2,1H3. The van der Waals surface area contributed by atoms with Gasteiger partial charge < -0.3 is 0 Å². The third kappa shape index (κ3) is 0.573. The molecule has 2 atom stereocenters. The van der Waals surface area contributed by atoms with Crippen LogP contribution in [0.25, 0.3) is 0 Å². The molecule has 50 valence electrons. The summed E-state index contributed by atoms with van der Waals surface area (Å²) in [7, 11) is 0. The Kier molecular flexibility index (Phi) is 0.739. The second-order valence-electron chi connectivity index (χ2n) is 3.48. The van der Waals surface area contributed by atoms with E-state index in [-0.39, 0.29) is 0 Å². The zero-order valence-electron chi connectivity index (χ0n) is 5.50. The molecule has 0 radical (unpaired) electrons. The summed E-state index contributed by atoms with van der Waals surface area (Å²) in [6.07, 6.45) is 1.30. The number of hydrogen-bond acceptors (Lipinski definition) is 2. The van der Waals surface area contributed by atoms with Gasteiger partial charge in [0, 0.05) is 13.1 Å².